The van der Waals surface area contributed by atoms with Crippen LogP contribution in [0.2, 0.25) is 0 Å². The van der Waals surface area contributed by atoms with Crippen molar-refractivity contribution < 1.29 is 14.3 Å². The Morgan fingerprint density at radius 3 is 2.35 bits per heavy atom. The Labute approximate surface area is 187 Å². The zero-order chi connectivity index (χ0) is 22.4. The van der Waals surface area contributed by atoms with Crippen LogP contribution in [-0.2, 0) is 16.1 Å². The standard InChI is InChI=1S/C22H29N5O3S/c1-5-11-27-19(17-9-7-6-8-10-17)23-24-20(27)31-16-18(28)25-12-14-26(15-13-25)21(29)30-22(2,3)4/h5-10H,1,11-16H2,2-4H3. The number of benzene rings is 1. The maximum atomic E-state index is 12.7. The summed E-state index contributed by atoms with van der Waals surface area (Å²) in [4.78, 5) is 28.3. The predicted octanol–water partition coefficient (Wildman–Crippen LogP) is 3.30. The van der Waals surface area contributed by atoms with E-state index in [0.717, 1.165) is 11.4 Å². The Balaban J connectivity index is 1.56. The lowest BCUT2D eigenvalue weighted by atomic mass is 10.2. The second kappa shape index (κ2) is 10.00. The summed E-state index contributed by atoms with van der Waals surface area (Å²) in [6.45, 7) is 11.8. The molecule has 0 aliphatic carbocycles. The number of allylic oxidation sites excluding steroid dienone is 1. The summed E-state index contributed by atoms with van der Waals surface area (Å²) >= 11 is 1.36. The highest BCUT2D eigenvalue weighted by Gasteiger charge is 2.28. The number of piperazine rings is 1. The van der Waals surface area contributed by atoms with E-state index in [1.165, 1.54) is 11.8 Å². The number of carbonyl (C=O) groups is 2. The number of amides is 2. The lowest BCUT2D eigenvalue weighted by molar-refractivity contribution is -0.130. The molecule has 1 saturated heterocycles. The number of thioether (sulfide) groups is 1. The van der Waals surface area contributed by atoms with Gasteiger partial charge in [-0.25, -0.2) is 4.79 Å². The van der Waals surface area contributed by atoms with Crippen molar-refractivity contribution in [2.24, 2.45) is 0 Å². The smallest absolute Gasteiger partial charge is 0.410 e. The van der Waals surface area contributed by atoms with Gasteiger partial charge in [0.05, 0.1) is 5.75 Å². The third kappa shape index (κ3) is 6.10. The molecule has 0 radical (unpaired) electrons. The third-order valence-electron chi connectivity index (χ3n) is 4.67. The van der Waals surface area contributed by atoms with E-state index in [1.54, 1.807) is 15.9 Å². The van der Waals surface area contributed by atoms with Gasteiger partial charge in [-0.05, 0) is 20.8 Å². The van der Waals surface area contributed by atoms with Crippen molar-refractivity contribution >= 4 is 23.8 Å². The maximum absolute atomic E-state index is 12.7. The zero-order valence-corrected chi connectivity index (χ0v) is 19.1. The SMILES string of the molecule is C=CCn1c(SCC(=O)N2CCN(C(=O)OC(C)(C)C)CC2)nnc1-c1ccccc1. The molecule has 2 heterocycles. The van der Waals surface area contributed by atoms with E-state index in [0.29, 0.717) is 37.9 Å². The molecular weight excluding hydrogens is 414 g/mol. The Hall–Kier alpha value is -2.81. The number of carbonyl (C=O) groups excluding carboxylic acids is 2. The van der Waals surface area contributed by atoms with Crippen molar-refractivity contribution in [3.63, 3.8) is 0 Å². The molecule has 166 valence electrons. The van der Waals surface area contributed by atoms with Gasteiger partial charge < -0.3 is 14.5 Å². The van der Waals surface area contributed by atoms with E-state index in [-0.39, 0.29) is 17.8 Å². The van der Waals surface area contributed by atoms with Crippen LogP contribution in [0.3, 0.4) is 0 Å². The first-order valence-electron chi connectivity index (χ1n) is 10.3. The van der Waals surface area contributed by atoms with Crippen molar-refractivity contribution in [1.82, 2.24) is 24.6 Å². The highest BCUT2D eigenvalue weighted by Crippen LogP contribution is 2.24. The zero-order valence-electron chi connectivity index (χ0n) is 18.3. The van der Waals surface area contributed by atoms with E-state index < -0.39 is 5.60 Å². The Morgan fingerprint density at radius 2 is 1.74 bits per heavy atom. The number of hydrogen-bond acceptors (Lipinski definition) is 6. The second-order valence-electron chi connectivity index (χ2n) is 8.21. The van der Waals surface area contributed by atoms with E-state index in [4.69, 9.17) is 4.74 Å². The summed E-state index contributed by atoms with van der Waals surface area (Å²) in [5.74, 6) is 1.03. The average molecular weight is 444 g/mol. The van der Waals surface area contributed by atoms with Crippen molar-refractivity contribution in [2.75, 3.05) is 31.9 Å². The van der Waals surface area contributed by atoms with Crippen LogP contribution >= 0.6 is 11.8 Å². The molecular formula is C22H29N5O3S. The van der Waals surface area contributed by atoms with Gasteiger partial charge in [0.25, 0.3) is 0 Å². The summed E-state index contributed by atoms with van der Waals surface area (Å²) in [7, 11) is 0. The molecule has 1 fully saturated rings. The van der Waals surface area contributed by atoms with Crippen LogP contribution in [0, 0.1) is 0 Å². The lowest BCUT2D eigenvalue weighted by Gasteiger charge is -2.35. The molecule has 2 aromatic rings. The fraction of sp³-hybridized carbons (Fsp3) is 0.455. The van der Waals surface area contributed by atoms with Gasteiger partial charge in [0, 0.05) is 38.3 Å². The van der Waals surface area contributed by atoms with Gasteiger partial charge >= 0.3 is 6.09 Å². The minimum absolute atomic E-state index is 0.0169. The summed E-state index contributed by atoms with van der Waals surface area (Å²) in [6.07, 6.45) is 1.46. The first kappa shape index (κ1) is 22.9. The predicted molar refractivity (Wildman–Crippen MR) is 121 cm³/mol. The molecule has 0 atom stereocenters. The molecule has 0 saturated carbocycles. The fourth-order valence-electron chi connectivity index (χ4n) is 3.17. The third-order valence-corrected chi connectivity index (χ3v) is 5.62. The van der Waals surface area contributed by atoms with Gasteiger partial charge in [0.2, 0.25) is 5.91 Å². The van der Waals surface area contributed by atoms with Crippen LogP contribution in [0.15, 0.2) is 48.1 Å². The quantitative estimate of drug-likeness (QED) is 0.503. The molecule has 1 aliphatic rings. The number of aromatic nitrogens is 3. The van der Waals surface area contributed by atoms with E-state index in [1.807, 2.05) is 55.7 Å². The first-order chi connectivity index (χ1) is 14.8. The van der Waals surface area contributed by atoms with Crippen LogP contribution in [-0.4, -0.2) is 74.1 Å². The largest absolute Gasteiger partial charge is 0.444 e. The summed E-state index contributed by atoms with van der Waals surface area (Å²) in [6, 6.07) is 9.82. The van der Waals surface area contributed by atoms with E-state index in [2.05, 4.69) is 16.8 Å². The van der Waals surface area contributed by atoms with Crippen molar-refractivity contribution in [1.29, 1.82) is 0 Å². The first-order valence-corrected chi connectivity index (χ1v) is 11.2. The van der Waals surface area contributed by atoms with Gasteiger partial charge in [-0.1, -0.05) is 48.2 Å². The fourth-order valence-corrected chi connectivity index (χ4v) is 4.02. The van der Waals surface area contributed by atoms with Crippen LogP contribution in [0.5, 0.6) is 0 Å². The summed E-state index contributed by atoms with van der Waals surface area (Å²) in [5.41, 5.74) is 0.439. The molecule has 1 aliphatic heterocycles. The number of rotatable bonds is 6. The van der Waals surface area contributed by atoms with Crippen LogP contribution in [0.4, 0.5) is 4.79 Å². The van der Waals surface area contributed by atoms with Gasteiger partial charge in [0.15, 0.2) is 11.0 Å². The van der Waals surface area contributed by atoms with E-state index in [9.17, 15) is 9.59 Å². The summed E-state index contributed by atoms with van der Waals surface area (Å²) < 4.78 is 7.37. The molecule has 1 aromatic heterocycles. The minimum atomic E-state index is -0.527. The van der Waals surface area contributed by atoms with Gasteiger partial charge in [-0.2, -0.15) is 0 Å². The van der Waals surface area contributed by atoms with Crippen molar-refractivity contribution in [3.8, 4) is 11.4 Å². The summed E-state index contributed by atoms with van der Waals surface area (Å²) in [5, 5.41) is 9.28. The normalized spacial score (nSPS) is 14.4. The molecule has 0 bridgehead atoms. The molecule has 9 heteroatoms. The van der Waals surface area contributed by atoms with Gasteiger partial charge in [0.1, 0.15) is 5.60 Å². The molecule has 0 N–H and O–H groups in total. The van der Waals surface area contributed by atoms with Crippen LogP contribution in [0.1, 0.15) is 20.8 Å². The highest BCUT2D eigenvalue weighted by molar-refractivity contribution is 7.99. The Bertz CT molecular complexity index is 915. The van der Waals surface area contributed by atoms with Crippen LogP contribution in [0.25, 0.3) is 11.4 Å². The minimum Gasteiger partial charge on any atom is -0.444 e. The van der Waals surface area contributed by atoms with Gasteiger partial charge in [-0.15, -0.1) is 16.8 Å². The number of ether oxygens (including phenoxy) is 1. The molecule has 8 nitrogen and oxygen atoms in total. The van der Waals surface area contributed by atoms with Gasteiger partial charge in [-0.3, -0.25) is 9.36 Å². The number of nitrogens with zero attached hydrogens (tertiary/aromatic N) is 5. The van der Waals surface area contributed by atoms with Crippen molar-refractivity contribution in [2.45, 2.75) is 38.1 Å². The second-order valence-corrected chi connectivity index (χ2v) is 9.15. The Morgan fingerprint density at radius 1 is 1.10 bits per heavy atom. The van der Waals surface area contributed by atoms with E-state index >= 15 is 0 Å². The average Bonchev–Trinajstić information content (AvgIpc) is 3.14. The maximum Gasteiger partial charge on any atom is 0.410 e. The highest BCUT2D eigenvalue weighted by atomic mass is 32.2. The topological polar surface area (TPSA) is 80.6 Å². The monoisotopic (exact) mass is 443 g/mol. The Kier molecular flexibility index (Phi) is 7.37. The molecule has 0 spiro atoms. The lowest BCUT2D eigenvalue weighted by Crippen LogP contribution is -2.52. The van der Waals surface area contributed by atoms with Crippen LogP contribution < -0.4 is 0 Å². The molecule has 3 rings (SSSR count). The van der Waals surface area contributed by atoms with Crippen molar-refractivity contribution in [3.05, 3.63) is 43.0 Å². The molecule has 31 heavy (non-hydrogen) atoms. The number of hydrogen-bond donors (Lipinski definition) is 0. The molecule has 1 aromatic carbocycles. The molecule has 2 amide bonds. The molecule has 0 unspecified atom stereocenters.